The molecule has 1 rings (SSSR count). The molecule has 0 saturated heterocycles. The van der Waals surface area contributed by atoms with E-state index in [9.17, 15) is 9.18 Å². The third-order valence-electron chi connectivity index (χ3n) is 1.19. The van der Waals surface area contributed by atoms with Crippen molar-refractivity contribution in [2.24, 2.45) is 5.73 Å². The van der Waals surface area contributed by atoms with Gasteiger partial charge in [0, 0.05) is 6.07 Å². The molecule has 0 radical (unpaired) electrons. The van der Waals surface area contributed by atoms with Gasteiger partial charge < -0.3 is 10.5 Å². The zero-order chi connectivity index (χ0) is 10.0. The molecule has 0 aliphatic carbocycles. The van der Waals surface area contributed by atoms with Gasteiger partial charge in [-0.15, -0.1) is 0 Å². The van der Waals surface area contributed by atoms with E-state index >= 15 is 0 Å². The molecule has 13 heavy (non-hydrogen) atoms. The quantitative estimate of drug-likeness (QED) is 0.796. The fourth-order valence-corrected chi connectivity index (χ4v) is 1.37. The van der Waals surface area contributed by atoms with Crippen LogP contribution in [0, 0.1) is 5.82 Å². The molecule has 0 bridgehead atoms. The normalized spacial score (nSPS) is 9.77. The van der Waals surface area contributed by atoms with E-state index in [-0.39, 0.29) is 15.2 Å². The molecular formula is C7H4BrClFNO2. The van der Waals surface area contributed by atoms with Crippen molar-refractivity contribution in [2.45, 2.75) is 0 Å². The minimum absolute atomic E-state index is 0.102. The van der Waals surface area contributed by atoms with Gasteiger partial charge in [-0.25, -0.2) is 9.18 Å². The van der Waals surface area contributed by atoms with Crippen LogP contribution in [-0.4, -0.2) is 6.09 Å². The molecular weight excluding hydrogens is 264 g/mol. The van der Waals surface area contributed by atoms with E-state index in [0.29, 0.717) is 0 Å². The highest BCUT2D eigenvalue weighted by atomic mass is 79.9. The maximum absolute atomic E-state index is 12.9. The molecule has 0 aliphatic heterocycles. The molecule has 3 nitrogen and oxygen atoms in total. The minimum atomic E-state index is -1.04. The van der Waals surface area contributed by atoms with Gasteiger partial charge in [0.05, 0.1) is 9.50 Å². The fourth-order valence-electron chi connectivity index (χ4n) is 0.691. The van der Waals surface area contributed by atoms with Crippen LogP contribution in [0.15, 0.2) is 16.6 Å². The average molecular weight is 268 g/mol. The molecule has 1 aromatic carbocycles. The van der Waals surface area contributed by atoms with Crippen LogP contribution < -0.4 is 10.5 Å². The van der Waals surface area contributed by atoms with E-state index in [2.05, 4.69) is 20.7 Å². The van der Waals surface area contributed by atoms with Crippen molar-refractivity contribution >= 4 is 33.6 Å². The third kappa shape index (κ3) is 2.57. The lowest BCUT2D eigenvalue weighted by molar-refractivity contribution is 0.210. The predicted molar refractivity (Wildman–Crippen MR) is 49.3 cm³/mol. The van der Waals surface area contributed by atoms with E-state index in [1.165, 1.54) is 6.07 Å². The summed E-state index contributed by atoms with van der Waals surface area (Å²) in [5.74, 6) is -0.685. The summed E-state index contributed by atoms with van der Waals surface area (Å²) in [5.41, 5.74) is 4.73. The summed E-state index contributed by atoms with van der Waals surface area (Å²) in [6.45, 7) is 0. The van der Waals surface area contributed by atoms with Crippen molar-refractivity contribution < 1.29 is 13.9 Å². The Kier molecular flexibility index (Phi) is 3.11. The van der Waals surface area contributed by atoms with E-state index < -0.39 is 11.9 Å². The van der Waals surface area contributed by atoms with Gasteiger partial charge in [-0.05, 0) is 22.0 Å². The van der Waals surface area contributed by atoms with Gasteiger partial charge in [-0.1, -0.05) is 11.6 Å². The van der Waals surface area contributed by atoms with Crippen molar-refractivity contribution in [2.75, 3.05) is 0 Å². The molecule has 70 valence electrons. The molecule has 6 heteroatoms. The summed E-state index contributed by atoms with van der Waals surface area (Å²) >= 11 is 8.53. The van der Waals surface area contributed by atoms with Gasteiger partial charge in [-0.2, -0.15) is 0 Å². The molecule has 0 atom stereocenters. The largest absolute Gasteiger partial charge is 0.410 e. The number of hydrogen-bond donors (Lipinski definition) is 1. The standard InChI is InChI=1S/C7H4BrClFNO2/c8-3-1-4(9)6(2-5(3)10)13-7(11)12/h1-2H,(H2,11,12). The predicted octanol–water partition coefficient (Wildman–Crippen LogP) is 2.70. The summed E-state index contributed by atoms with van der Waals surface area (Å²) in [6.07, 6.45) is -1.04. The summed E-state index contributed by atoms with van der Waals surface area (Å²) in [6, 6.07) is 2.24. The minimum Gasteiger partial charge on any atom is -0.409 e. The van der Waals surface area contributed by atoms with Crippen LogP contribution in [0.4, 0.5) is 9.18 Å². The van der Waals surface area contributed by atoms with Gasteiger partial charge in [-0.3, -0.25) is 0 Å². The molecule has 0 saturated carbocycles. The first-order valence-electron chi connectivity index (χ1n) is 3.12. The summed E-state index contributed by atoms with van der Waals surface area (Å²) in [5, 5.41) is 0.104. The zero-order valence-corrected chi connectivity index (χ0v) is 8.52. The Labute approximate surface area is 86.7 Å². The monoisotopic (exact) mass is 267 g/mol. The van der Waals surface area contributed by atoms with Crippen molar-refractivity contribution in [3.05, 3.63) is 27.4 Å². The molecule has 1 amide bonds. The average Bonchev–Trinajstić information content (AvgIpc) is 1.99. The lowest BCUT2D eigenvalue weighted by atomic mass is 10.3. The van der Waals surface area contributed by atoms with E-state index in [1.807, 2.05) is 0 Å². The number of hydrogen-bond acceptors (Lipinski definition) is 2. The van der Waals surface area contributed by atoms with Crippen LogP contribution in [0.1, 0.15) is 0 Å². The Bertz CT molecular complexity index is 359. The summed E-state index contributed by atoms with van der Waals surface area (Å²) < 4.78 is 17.5. The molecule has 0 aromatic heterocycles. The second kappa shape index (κ2) is 3.93. The van der Waals surface area contributed by atoms with E-state index in [0.717, 1.165) is 6.07 Å². The Morgan fingerprint density at radius 2 is 2.23 bits per heavy atom. The lowest BCUT2D eigenvalue weighted by Gasteiger charge is -2.03. The highest BCUT2D eigenvalue weighted by Gasteiger charge is 2.09. The first-order chi connectivity index (χ1) is 6.00. The third-order valence-corrected chi connectivity index (χ3v) is 2.09. The lowest BCUT2D eigenvalue weighted by Crippen LogP contribution is -2.16. The molecule has 0 heterocycles. The van der Waals surface area contributed by atoms with Crippen molar-refractivity contribution in [3.63, 3.8) is 0 Å². The smallest absolute Gasteiger partial charge is 0.409 e. The highest BCUT2D eigenvalue weighted by molar-refractivity contribution is 9.10. The van der Waals surface area contributed by atoms with Crippen LogP contribution in [0.25, 0.3) is 0 Å². The Morgan fingerprint density at radius 3 is 2.77 bits per heavy atom. The first-order valence-corrected chi connectivity index (χ1v) is 4.29. The van der Waals surface area contributed by atoms with Crippen LogP contribution in [0.3, 0.4) is 0 Å². The molecule has 0 aliphatic rings. The number of primary amides is 1. The molecule has 0 unspecified atom stereocenters. The Hall–Kier alpha value is -0.810. The number of halogens is 3. The summed E-state index contributed by atoms with van der Waals surface area (Å²) in [7, 11) is 0. The number of amides is 1. The fraction of sp³-hybridized carbons (Fsp3) is 0. The van der Waals surface area contributed by atoms with Crippen LogP contribution >= 0.6 is 27.5 Å². The van der Waals surface area contributed by atoms with Crippen LogP contribution in [0.2, 0.25) is 5.02 Å². The molecule has 2 N–H and O–H groups in total. The molecule has 1 aromatic rings. The van der Waals surface area contributed by atoms with E-state index in [1.54, 1.807) is 0 Å². The molecule has 0 fully saturated rings. The number of ether oxygens (including phenoxy) is 1. The maximum atomic E-state index is 12.9. The number of benzene rings is 1. The highest BCUT2D eigenvalue weighted by Crippen LogP contribution is 2.30. The van der Waals surface area contributed by atoms with Gasteiger partial charge in [0.15, 0.2) is 5.75 Å². The second-order valence-electron chi connectivity index (χ2n) is 2.12. The summed E-state index contributed by atoms with van der Waals surface area (Å²) in [4.78, 5) is 10.3. The Morgan fingerprint density at radius 1 is 1.62 bits per heavy atom. The van der Waals surface area contributed by atoms with E-state index in [4.69, 9.17) is 17.3 Å². The van der Waals surface area contributed by atoms with Gasteiger partial charge in [0.1, 0.15) is 5.82 Å². The molecule has 0 spiro atoms. The number of carbonyl (C=O) groups excluding carboxylic acids is 1. The number of rotatable bonds is 1. The van der Waals surface area contributed by atoms with Gasteiger partial charge >= 0.3 is 6.09 Å². The Balaban J connectivity index is 3.08. The first kappa shape index (κ1) is 10.3. The maximum Gasteiger partial charge on any atom is 0.410 e. The van der Waals surface area contributed by atoms with Gasteiger partial charge in [0.2, 0.25) is 0 Å². The number of nitrogens with two attached hydrogens (primary N) is 1. The number of carbonyl (C=O) groups is 1. The van der Waals surface area contributed by atoms with Crippen molar-refractivity contribution in [1.82, 2.24) is 0 Å². The topological polar surface area (TPSA) is 52.3 Å². The van der Waals surface area contributed by atoms with Gasteiger partial charge in [0.25, 0.3) is 0 Å². The second-order valence-corrected chi connectivity index (χ2v) is 3.38. The van der Waals surface area contributed by atoms with Crippen molar-refractivity contribution in [3.8, 4) is 5.75 Å². The van der Waals surface area contributed by atoms with Crippen LogP contribution in [-0.2, 0) is 0 Å². The SMILES string of the molecule is NC(=O)Oc1cc(F)c(Br)cc1Cl. The van der Waals surface area contributed by atoms with Crippen molar-refractivity contribution in [1.29, 1.82) is 0 Å². The zero-order valence-electron chi connectivity index (χ0n) is 6.18. The van der Waals surface area contributed by atoms with Crippen LogP contribution in [0.5, 0.6) is 5.75 Å².